The second-order valence-corrected chi connectivity index (χ2v) is 5.59. The number of rotatable bonds is 5. The lowest BCUT2D eigenvalue weighted by Gasteiger charge is -2.03. The minimum Gasteiger partial charge on any atom is -0.464 e. The molecule has 0 saturated carbocycles. The van der Waals surface area contributed by atoms with Gasteiger partial charge in [0.25, 0.3) is 0 Å². The third kappa shape index (κ3) is 3.31. The van der Waals surface area contributed by atoms with E-state index in [0.717, 1.165) is 29.2 Å². The van der Waals surface area contributed by atoms with Gasteiger partial charge in [0.15, 0.2) is 0 Å². The highest BCUT2D eigenvalue weighted by molar-refractivity contribution is 7.99. The van der Waals surface area contributed by atoms with Gasteiger partial charge in [0.2, 0.25) is 0 Å². The van der Waals surface area contributed by atoms with Gasteiger partial charge < -0.3 is 4.42 Å². The maximum absolute atomic E-state index is 5.38. The SMILES string of the molecule is c1ccc(CCSc2ccc(-c3ccco3)cc2)nc1. The zero-order chi connectivity index (χ0) is 13.6. The quantitative estimate of drug-likeness (QED) is 0.635. The van der Waals surface area contributed by atoms with Crippen LogP contribution in [0.15, 0.2) is 76.4 Å². The van der Waals surface area contributed by atoms with Gasteiger partial charge in [-0.1, -0.05) is 18.2 Å². The fourth-order valence-corrected chi connectivity index (χ4v) is 2.85. The summed E-state index contributed by atoms with van der Waals surface area (Å²) < 4.78 is 5.38. The summed E-state index contributed by atoms with van der Waals surface area (Å²) in [6.07, 6.45) is 4.54. The van der Waals surface area contributed by atoms with E-state index in [4.69, 9.17) is 4.42 Å². The van der Waals surface area contributed by atoms with Crippen LogP contribution in [0.4, 0.5) is 0 Å². The van der Waals surface area contributed by atoms with E-state index in [0.29, 0.717) is 0 Å². The Bertz CT molecular complexity index is 633. The Morgan fingerprint density at radius 2 is 1.85 bits per heavy atom. The molecule has 0 radical (unpaired) electrons. The molecule has 20 heavy (non-hydrogen) atoms. The molecule has 0 unspecified atom stereocenters. The largest absolute Gasteiger partial charge is 0.464 e. The maximum atomic E-state index is 5.38. The molecule has 100 valence electrons. The standard InChI is InChI=1S/C17H15NOS/c1-2-11-18-15(4-1)10-13-20-16-8-6-14(7-9-16)17-5-3-12-19-17/h1-9,11-12H,10,13H2. The van der Waals surface area contributed by atoms with Crippen molar-refractivity contribution in [2.45, 2.75) is 11.3 Å². The van der Waals surface area contributed by atoms with Crippen molar-refractivity contribution < 1.29 is 4.42 Å². The van der Waals surface area contributed by atoms with Crippen LogP contribution in [-0.2, 0) is 6.42 Å². The Labute approximate surface area is 122 Å². The van der Waals surface area contributed by atoms with Crippen molar-refractivity contribution in [1.82, 2.24) is 4.98 Å². The normalized spacial score (nSPS) is 10.6. The molecule has 0 aliphatic rings. The summed E-state index contributed by atoms with van der Waals surface area (Å²) in [6.45, 7) is 0. The molecule has 0 N–H and O–H groups in total. The molecule has 3 aromatic rings. The Balaban J connectivity index is 1.56. The van der Waals surface area contributed by atoms with Gasteiger partial charge in [-0.2, -0.15) is 0 Å². The molecule has 0 spiro atoms. The third-order valence-corrected chi connectivity index (χ3v) is 4.03. The molecule has 2 aromatic heterocycles. The number of thioether (sulfide) groups is 1. The van der Waals surface area contributed by atoms with Gasteiger partial charge in [0.05, 0.1) is 6.26 Å². The van der Waals surface area contributed by atoms with Gasteiger partial charge in [0.1, 0.15) is 5.76 Å². The average Bonchev–Trinajstić information content (AvgIpc) is 3.03. The lowest BCUT2D eigenvalue weighted by Crippen LogP contribution is -1.91. The maximum Gasteiger partial charge on any atom is 0.133 e. The van der Waals surface area contributed by atoms with E-state index in [-0.39, 0.29) is 0 Å². The van der Waals surface area contributed by atoms with E-state index >= 15 is 0 Å². The van der Waals surface area contributed by atoms with Crippen LogP contribution >= 0.6 is 11.8 Å². The van der Waals surface area contributed by atoms with Crippen LogP contribution in [0.3, 0.4) is 0 Å². The summed E-state index contributed by atoms with van der Waals surface area (Å²) in [4.78, 5) is 5.61. The van der Waals surface area contributed by atoms with Gasteiger partial charge in [0, 0.05) is 28.1 Å². The molecule has 2 heterocycles. The highest BCUT2D eigenvalue weighted by Gasteiger charge is 2.01. The molecule has 0 saturated heterocycles. The smallest absolute Gasteiger partial charge is 0.133 e. The Hall–Kier alpha value is -2.00. The van der Waals surface area contributed by atoms with Crippen molar-refractivity contribution in [2.24, 2.45) is 0 Å². The average molecular weight is 281 g/mol. The second-order valence-electron chi connectivity index (χ2n) is 4.42. The first-order valence-electron chi connectivity index (χ1n) is 6.58. The zero-order valence-corrected chi connectivity index (χ0v) is 11.8. The number of furan rings is 1. The van der Waals surface area contributed by atoms with Gasteiger partial charge in [-0.25, -0.2) is 0 Å². The van der Waals surface area contributed by atoms with Gasteiger partial charge >= 0.3 is 0 Å². The molecule has 0 bridgehead atoms. The summed E-state index contributed by atoms with van der Waals surface area (Å²) in [5, 5.41) is 0. The Kier molecular flexibility index (Phi) is 4.19. The number of nitrogens with zero attached hydrogens (tertiary/aromatic N) is 1. The van der Waals surface area contributed by atoms with Crippen molar-refractivity contribution in [3.05, 3.63) is 72.8 Å². The van der Waals surface area contributed by atoms with Crippen LogP contribution in [0.25, 0.3) is 11.3 Å². The molecular weight excluding hydrogens is 266 g/mol. The van der Waals surface area contributed by atoms with Gasteiger partial charge in [-0.15, -0.1) is 11.8 Å². The van der Waals surface area contributed by atoms with Crippen LogP contribution < -0.4 is 0 Å². The zero-order valence-electron chi connectivity index (χ0n) is 11.0. The van der Waals surface area contributed by atoms with E-state index in [1.54, 1.807) is 6.26 Å². The highest BCUT2D eigenvalue weighted by atomic mass is 32.2. The number of benzene rings is 1. The van der Waals surface area contributed by atoms with Crippen molar-refractivity contribution in [2.75, 3.05) is 5.75 Å². The van der Waals surface area contributed by atoms with Gasteiger partial charge in [-0.05, 0) is 42.8 Å². The van der Waals surface area contributed by atoms with Crippen molar-refractivity contribution in [1.29, 1.82) is 0 Å². The molecule has 0 atom stereocenters. The van der Waals surface area contributed by atoms with Crippen LogP contribution in [0.5, 0.6) is 0 Å². The summed E-state index contributed by atoms with van der Waals surface area (Å²) in [5.74, 6) is 1.95. The predicted molar refractivity (Wildman–Crippen MR) is 82.8 cm³/mol. The van der Waals surface area contributed by atoms with E-state index < -0.39 is 0 Å². The number of hydrogen-bond acceptors (Lipinski definition) is 3. The molecular formula is C17H15NOS. The number of aromatic nitrogens is 1. The van der Waals surface area contributed by atoms with E-state index in [9.17, 15) is 0 Å². The van der Waals surface area contributed by atoms with Crippen LogP contribution in [0, 0.1) is 0 Å². The molecule has 0 aliphatic heterocycles. The third-order valence-electron chi connectivity index (χ3n) is 3.01. The second kappa shape index (κ2) is 6.44. The first-order valence-corrected chi connectivity index (χ1v) is 7.57. The molecule has 0 aliphatic carbocycles. The molecule has 3 rings (SSSR count). The van der Waals surface area contributed by atoms with E-state index in [1.165, 1.54) is 4.90 Å². The Morgan fingerprint density at radius 1 is 0.950 bits per heavy atom. The summed E-state index contributed by atoms with van der Waals surface area (Å²) in [7, 11) is 0. The number of pyridine rings is 1. The first kappa shape index (κ1) is 13.0. The van der Waals surface area contributed by atoms with E-state index in [1.807, 2.05) is 42.2 Å². The van der Waals surface area contributed by atoms with Crippen LogP contribution in [-0.4, -0.2) is 10.7 Å². The predicted octanol–water partition coefficient (Wildman–Crippen LogP) is 4.68. The van der Waals surface area contributed by atoms with Gasteiger partial charge in [-0.3, -0.25) is 4.98 Å². The topological polar surface area (TPSA) is 26.0 Å². The molecule has 0 fully saturated rings. The monoisotopic (exact) mass is 281 g/mol. The van der Waals surface area contributed by atoms with Crippen molar-refractivity contribution in [3.8, 4) is 11.3 Å². The van der Waals surface area contributed by atoms with Crippen LogP contribution in [0.2, 0.25) is 0 Å². The molecule has 2 nitrogen and oxygen atoms in total. The van der Waals surface area contributed by atoms with E-state index in [2.05, 4.69) is 35.3 Å². The first-order chi connectivity index (χ1) is 9.92. The fraction of sp³-hybridized carbons (Fsp3) is 0.118. The highest BCUT2D eigenvalue weighted by Crippen LogP contribution is 2.24. The lowest BCUT2D eigenvalue weighted by atomic mass is 10.2. The molecule has 1 aromatic carbocycles. The molecule has 3 heteroatoms. The Morgan fingerprint density at radius 3 is 2.55 bits per heavy atom. The number of aryl methyl sites for hydroxylation is 1. The number of hydrogen-bond donors (Lipinski definition) is 0. The lowest BCUT2D eigenvalue weighted by molar-refractivity contribution is 0.582. The van der Waals surface area contributed by atoms with Crippen molar-refractivity contribution in [3.63, 3.8) is 0 Å². The van der Waals surface area contributed by atoms with Crippen molar-refractivity contribution >= 4 is 11.8 Å². The minimum absolute atomic E-state index is 0.912. The fourth-order valence-electron chi connectivity index (χ4n) is 1.98. The van der Waals surface area contributed by atoms with Crippen LogP contribution in [0.1, 0.15) is 5.69 Å². The summed E-state index contributed by atoms with van der Waals surface area (Å²) in [6, 6.07) is 18.4. The summed E-state index contributed by atoms with van der Waals surface area (Å²) in [5.41, 5.74) is 2.26. The molecule has 0 amide bonds. The minimum atomic E-state index is 0.912. The summed E-state index contributed by atoms with van der Waals surface area (Å²) >= 11 is 1.85.